The monoisotopic (exact) mass is 406 g/mol. The average molecular weight is 406 g/mol. The Bertz CT molecular complexity index is 775. The van der Waals surface area contributed by atoms with Crippen molar-refractivity contribution in [1.29, 1.82) is 0 Å². The van der Waals surface area contributed by atoms with Gasteiger partial charge in [0.2, 0.25) is 0 Å². The molecule has 2 heterocycles. The molecule has 8 nitrogen and oxygen atoms in total. The number of aryl methyl sites for hydroxylation is 3. The van der Waals surface area contributed by atoms with Crippen molar-refractivity contribution >= 4 is 11.5 Å². The van der Waals surface area contributed by atoms with E-state index in [-0.39, 0.29) is 24.0 Å². The standard InChI is InChI=1S/C21H30N2O6/c1-14-11-15(2)17(16(3)12-14)18-19(24)21(5-7-22(26)8-6-21)23(20(18)25)29-13-28-10-9-27-4/h11-12,24,26H,5-10,13H2,1-4H3. The second-order valence-corrected chi connectivity index (χ2v) is 7.73. The van der Waals surface area contributed by atoms with E-state index in [4.69, 9.17) is 14.3 Å². The summed E-state index contributed by atoms with van der Waals surface area (Å²) in [4.78, 5) is 19.1. The maximum absolute atomic E-state index is 13.4. The third-order valence-corrected chi connectivity index (χ3v) is 5.66. The second-order valence-electron chi connectivity index (χ2n) is 7.73. The molecule has 0 aliphatic carbocycles. The van der Waals surface area contributed by atoms with Gasteiger partial charge in [0.05, 0.1) is 18.8 Å². The molecule has 0 atom stereocenters. The quantitative estimate of drug-likeness (QED) is 0.531. The zero-order chi connectivity index (χ0) is 21.2. The van der Waals surface area contributed by atoms with E-state index in [1.54, 1.807) is 7.11 Å². The minimum atomic E-state index is -1.01. The van der Waals surface area contributed by atoms with Crippen LogP contribution >= 0.6 is 0 Å². The smallest absolute Gasteiger partial charge is 0.282 e. The number of ether oxygens (including phenoxy) is 2. The van der Waals surface area contributed by atoms with Crippen LogP contribution in [-0.2, 0) is 19.1 Å². The van der Waals surface area contributed by atoms with Crippen molar-refractivity contribution in [2.75, 3.05) is 40.2 Å². The van der Waals surface area contributed by atoms with Gasteiger partial charge in [0.15, 0.2) is 6.79 Å². The molecule has 0 aromatic heterocycles. The molecule has 0 unspecified atom stereocenters. The maximum atomic E-state index is 13.4. The summed E-state index contributed by atoms with van der Waals surface area (Å²) in [5, 5.41) is 23.5. The molecule has 1 saturated heterocycles. The van der Waals surface area contributed by atoms with Crippen LogP contribution in [0.5, 0.6) is 0 Å². The van der Waals surface area contributed by atoms with Crippen molar-refractivity contribution in [2.45, 2.75) is 39.2 Å². The molecule has 3 rings (SSSR count). The molecule has 2 N–H and O–H groups in total. The van der Waals surface area contributed by atoms with Crippen molar-refractivity contribution in [3.63, 3.8) is 0 Å². The molecule has 160 valence electrons. The van der Waals surface area contributed by atoms with E-state index in [9.17, 15) is 15.1 Å². The Morgan fingerprint density at radius 1 is 1.10 bits per heavy atom. The average Bonchev–Trinajstić information content (AvgIpc) is 2.85. The van der Waals surface area contributed by atoms with Crippen LogP contribution in [-0.4, -0.2) is 72.1 Å². The minimum absolute atomic E-state index is 0.00236. The SMILES string of the molecule is COCCOCON1C(=O)C(c2c(C)cc(C)cc2C)=C(O)C12CCN(O)CC2. The van der Waals surface area contributed by atoms with Crippen molar-refractivity contribution in [3.8, 4) is 0 Å². The third kappa shape index (κ3) is 4.04. The maximum Gasteiger partial charge on any atom is 0.282 e. The molecule has 1 amide bonds. The van der Waals surface area contributed by atoms with Gasteiger partial charge in [-0.3, -0.25) is 4.79 Å². The highest BCUT2D eigenvalue weighted by Gasteiger charge is 2.55. The first-order valence-corrected chi connectivity index (χ1v) is 9.81. The highest BCUT2D eigenvalue weighted by atomic mass is 16.8. The predicted octanol–water partition coefficient (Wildman–Crippen LogP) is 2.50. The van der Waals surface area contributed by atoms with Gasteiger partial charge in [-0.2, -0.15) is 5.06 Å². The first-order chi connectivity index (χ1) is 13.8. The summed E-state index contributed by atoms with van der Waals surface area (Å²) in [6, 6.07) is 3.99. The molecular formula is C21H30N2O6. The number of carbonyl (C=O) groups excluding carboxylic acids is 1. The normalized spacial score (nSPS) is 19.6. The van der Waals surface area contributed by atoms with Gasteiger partial charge < -0.3 is 19.8 Å². The Labute approximate surface area is 171 Å². The first kappa shape index (κ1) is 21.7. The number of carbonyl (C=O) groups is 1. The van der Waals surface area contributed by atoms with E-state index in [1.807, 2.05) is 32.9 Å². The predicted molar refractivity (Wildman–Crippen MR) is 106 cm³/mol. The Balaban J connectivity index is 1.97. The van der Waals surface area contributed by atoms with E-state index in [1.165, 1.54) is 10.1 Å². The lowest BCUT2D eigenvalue weighted by atomic mass is 9.85. The largest absolute Gasteiger partial charge is 0.509 e. The lowest BCUT2D eigenvalue weighted by Crippen LogP contribution is -2.54. The first-order valence-electron chi connectivity index (χ1n) is 9.81. The molecule has 0 saturated carbocycles. The van der Waals surface area contributed by atoms with E-state index in [2.05, 4.69) is 0 Å². The number of amides is 1. The summed E-state index contributed by atoms with van der Waals surface area (Å²) < 4.78 is 10.3. The lowest BCUT2D eigenvalue weighted by Gasteiger charge is -2.41. The summed E-state index contributed by atoms with van der Waals surface area (Å²) in [5.74, 6) is -0.387. The van der Waals surface area contributed by atoms with E-state index in [0.29, 0.717) is 39.1 Å². The number of benzene rings is 1. The Hall–Kier alpha value is -1.97. The molecule has 8 heteroatoms. The summed E-state index contributed by atoms with van der Waals surface area (Å²) >= 11 is 0. The van der Waals surface area contributed by atoms with Crippen LogP contribution in [0, 0.1) is 20.8 Å². The Morgan fingerprint density at radius 2 is 1.72 bits per heavy atom. The van der Waals surface area contributed by atoms with Gasteiger partial charge in [-0.15, -0.1) is 0 Å². The van der Waals surface area contributed by atoms with Gasteiger partial charge in [-0.1, -0.05) is 17.7 Å². The zero-order valence-corrected chi connectivity index (χ0v) is 17.5. The second kappa shape index (κ2) is 8.81. The van der Waals surface area contributed by atoms with Crippen molar-refractivity contribution in [1.82, 2.24) is 10.1 Å². The van der Waals surface area contributed by atoms with Crippen LogP contribution in [0.15, 0.2) is 17.9 Å². The zero-order valence-electron chi connectivity index (χ0n) is 17.5. The fourth-order valence-corrected chi connectivity index (χ4v) is 4.30. The highest BCUT2D eigenvalue weighted by molar-refractivity contribution is 6.23. The summed E-state index contributed by atoms with van der Waals surface area (Å²) in [6.45, 7) is 7.12. The lowest BCUT2D eigenvalue weighted by molar-refractivity contribution is -0.262. The van der Waals surface area contributed by atoms with E-state index in [0.717, 1.165) is 22.3 Å². The molecule has 0 bridgehead atoms. The number of methoxy groups -OCH3 is 1. The van der Waals surface area contributed by atoms with Gasteiger partial charge >= 0.3 is 0 Å². The number of piperidine rings is 1. The number of aliphatic hydroxyl groups is 1. The van der Waals surface area contributed by atoms with Crippen molar-refractivity contribution in [3.05, 3.63) is 40.1 Å². The van der Waals surface area contributed by atoms with Crippen LogP contribution in [0.1, 0.15) is 35.1 Å². The fourth-order valence-electron chi connectivity index (χ4n) is 4.30. The third-order valence-electron chi connectivity index (χ3n) is 5.66. The van der Waals surface area contributed by atoms with Crippen LogP contribution in [0.4, 0.5) is 0 Å². The number of hydrogen-bond acceptors (Lipinski definition) is 7. The molecule has 29 heavy (non-hydrogen) atoms. The van der Waals surface area contributed by atoms with Crippen LogP contribution in [0.2, 0.25) is 0 Å². The minimum Gasteiger partial charge on any atom is -0.509 e. The number of hydroxylamine groups is 4. The summed E-state index contributed by atoms with van der Waals surface area (Å²) in [6.07, 6.45) is 0.708. The van der Waals surface area contributed by atoms with Gasteiger partial charge in [0, 0.05) is 20.2 Å². The highest BCUT2D eigenvalue weighted by Crippen LogP contribution is 2.46. The summed E-state index contributed by atoms with van der Waals surface area (Å²) in [7, 11) is 1.58. The van der Waals surface area contributed by atoms with E-state index >= 15 is 0 Å². The summed E-state index contributed by atoms with van der Waals surface area (Å²) in [5.41, 5.74) is 2.92. The molecule has 1 aromatic carbocycles. The van der Waals surface area contributed by atoms with Crippen LogP contribution in [0.3, 0.4) is 0 Å². The molecule has 1 aromatic rings. The molecule has 1 spiro atoms. The fraction of sp³-hybridized carbons (Fsp3) is 0.571. The number of aliphatic hydroxyl groups excluding tert-OH is 1. The van der Waals surface area contributed by atoms with Crippen LogP contribution in [0.25, 0.3) is 5.57 Å². The van der Waals surface area contributed by atoms with Crippen LogP contribution < -0.4 is 0 Å². The van der Waals surface area contributed by atoms with E-state index < -0.39 is 5.54 Å². The molecule has 0 radical (unpaired) electrons. The van der Waals surface area contributed by atoms with Gasteiger partial charge in [-0.05, 0) is 50.3 Å². The van der Waals surface area contributed by atoms with Crippen molar-refractivity contribution in [2.24, 2.45) is 0 Å². The van der Waals surface area contributed by atoms with Gasteiger partial charge in [0.1, 0.15) is 11.3 Å². The number of hydrogen-bond donors (Lipinski definition) is 2. The molecular weight excluding hydrogens is 376 g/mol. The van der Waals surface area contributed by atoms with Gasteiger partial charge in [0.25, 0.3) is 5.91 Å². The number of nitrogens with zero attached hydrogens (tertiary/aromatic N) is 2. The number of rotatable bonds is 7. The Morgan fingerprint density at radius 3 is 2.31 bits per heavy atom. The van der Waals surface area contributed by atoms with Crippen molar-refractivity contribution < 1.29 is 29.4 Å². The Kier molecular flexibility index (Phi) is 6.60. The van der Waals surface area contributed by atoms with Gasteiger partial charge in [-0.25, -0.2) is 9.90 Å². The molecule has 2 aliphatic rings. The molecule has 1 fully saturated rings. The topological polar surface area (TPSA) is 91.7 Å². The molecule has 2 aliphatic heterocycles.